The molecule has 1 amide bonds. The van der Waals surface area contributed by atoms with Crippen LogP contribution >= 0.6 is 0 Å². The van der Waals surface area contributed by atoms with E-state index in [-0.39, 0.29) is 11.8 Å². The average Bonchev–Trinajstić information content (AvgIpc) is 2.02. The minimum Gasteiger partial charge on any atom is -0.369 e. The van der Waals surface area contributed by atoms with E-state index in [4.69, 9.17) is 11.5 Å². The fraction of sp³-hybridized carbons (Fsp3) is 0.889. The average molecular weight is 174 g/mol. The number of hydrogen-bond acceptors (Lipinski definition) is 2. The zero-order valence-corrected chi connectivity index (χ0v) is 8.47. The Bertz CT molecular complexity index is 98.7. The number of rotatable bonds is 4. The van der Waals surface area contributed by atoms with Crippen LogP contribution in [0.1, 0.15) is 40.0 Å². The van der Waals surface area contributed by atoms with Gasteiger partial charge in [0.05, 0.1) is 0 Å². The number of nitrogens with two attached hydrogens (primary N) is 2. The number of carbonyl (C=O) groups is 1. The molecular weight excluding hydrogens is 152 g/mol. The molecule has 0 aromatic heterocycles. The van der Waals surface area contributed by atoms with Gasteiger partial charge in [-0.3, -0.25) is 4.79 Å². The third-order valence-electron chi connectivity index (χ3n) is 1.38. The third kappa shape index (κ3) is 16.2. The number of unbranched alkanes of at least 4 members (excludes halogenated alkanes) is 2. The van der Waals surface area contributed by atoms with Crippen molar-refractivity contribution in [1.82, 2.24) is 0 Å². The Kier molecular flexibility index (Phi) is 12.2. The maximum Gasteiger partial charge on any atom is 0.219 e. The van der Waals surface area contributed by atoms with E-state index >= 15 is 0 Å². The fourth-order valence-electron chi connectivity index (χ4n) is 0.394. The molecule has 3 nitrogen and oxygen atoms in total. The zero-order chi connectivity index (χ0) is 9.98. The third-order valence-corrected chi connectivity index (χ3v) is 1.38. The molecule has 0 aromatic carbocycles. The van der Waals surface area contributed by atoms with E-state index in [1.54, 1.807) is 13.8 Å². The summed E-state index contributed by atoms with van der Waals surface area (Å²) in [6, 6.07) is 0. The van der Waals surface area contributed by atoms with Gasteiger partial charge in [-0.05, 0) is 13.0 Å². The van der Waals surface area contributed by atoms with Crippen molar-refractivity contribution in [3.63, 3.8) is 0 Å². The van der Waals surface area contributed by atoms with Gasteiger partial charge in [-0.25, -0.2) is 0 Å². The van der Waals surface area contributed by atoms with Gasteiger partial charge in [-0.1, -0.05) is 33.6 Å². The highest BCUT2D eigenvalue weighted by atomic mass is 16.1. The predicted octanol–water partition coefficient (Wildman–Crippen LogP) is 1.26. The summed E-state index contributed by atoms with van der Waals surface area (Å²) in [5, 5.41) is 0. The van der Waals surface area contributed by atoms with Gasteiger partial charge >= 0.3 is 0 Å². The molecule has 0 aliphatic rings. The van der Waals surface area contributed by atoms with Crippen LogP contribution in [0.3, 0.4) is 0 Å². The molecule has 0 radical (unpaired) electrons. The van der Waals surface area contributed by atoms with Gasteiger partial charge in [0.15, 0.2) is 0 Å². The molecule has 0 rings (SSSR count). The lowest BCUT2D eigenvalue weighted by Crippen LogP contribution is -2.17. The van der Waals surface area contributed by atoms with Crippen molar-refractivity contribution >= 4 is 5.91 Å². The number of primary amides is 1. The van der Waals surface area contributed by atoms with Gasteiger partial charge in [-0.15, -0.1) is 0 Å². The quantitative estimate of drug-likeness (QED) is 0.630. The van der Waals surface area contributed by atoms with Gasteiger partial charge < -0.3 is 11.5 Å². The van der Waals surface area contributed by atoms with Crippen molar-refractivity contribution in [2.45, 2.75) is 40.0 Å². The summed E-state index contributed by atoms with van der Waals surface area (Å²) in [7, 11) is 0. The Hall–Kier alpha value is -0.570. The summed E-state index contributed by atoms with van der Waals surface area (Å²) in [6.07, 6.45) is 3.75. The van der Waals surface area contributed by atoms with Gasteiger partial charge in [-0.2, -0.15) is 0 Å². The van der Waals surface area contributed by atoms with E-state index in [2.05, 4.69) is 6.92 Å². The second kappa shape index (κ2) is 10.4. The summed E-state index contributed by atoms with van der Waals surface area (Å²) in [5.41, 5.74) is 10.0. The molecule has 0 bridgehead atoms. The fourth-order valence-corrected chi connectivity index (χ4v) is 0.394. The van der Waals surface area contributed by atoms with E-state index in [0.29, 0.717) is 0 Å². The molecule has 0 aromatic rings. The Morgan fingerprint density at radius 2 is 1.75 bits per heavy atom. The topological polar surface area (TPSA) is 69.1 Å². The highest BCUT2D eigenvalue weighted by molar-refractivity contribution is 5.75. The standard InChI is InChI=1S/C5H13N.C4H9NO/c1-2-3-4-5-6;1-3(2)4(5)6/h2-6H2,1H3;3H,1-2H3,(H2,5,6). The monoisotopic (exact) mass is 174 g/mol. The smallest absolute Gasteiger partial charge is 0.219 e. The van der Waals surface area contributed by atoms with E-state index in [1.807, 2.05) is 0 Å². The number of amides is 1. The first-order chi connectivity index (χ1) is 5.56. The van der Waals surface area contributed by atoms with Crippen LogP contribution in [-0.4, -0.2) is 12.5 Å². The Balaban J connectivity index is 0. The number of carbonyl (C=O) groups excluding carboxylic acids is 1. The second-order valence-electron chi connectivity index (χ2n) is 3.05. The minimum atomic E-state index is -0.241. The van der Waals surface area contributed by atoms with Crippen LogP contribution in [0.2, 0.25) is 0 Å². The highest BCUT2D eigenvalue weighted by Crippen LogP contribution is 1.88. The van der Waals surface area contributed by atoms with Crippen molar-refractivity contribution < 1.29 is 4.79 Å². The number of hydrogen-bond donors (Lipinski definition) is 2. The second-order valence-corrected chi connectivity index (χ2v) is 3.05. The van der Waals surface area contributed by atoms with Gasteiger partial charge in [0.1, 0.15) is 0 Å². The molecule has 3 heteroatoms. The van der Waals surface area contributed by atoms with Gasteiger partial charge in [0.25, 0.3) is 0 Å². The molecule has 4 N–H and O–H groups in total. The maximum absolute atomic E-state index is 9.92. The van der Waals surface area contributed by atoms with Crippen molar-refractivity contribution in [2.24, 2.45) is 17.4 Å². The van der Waals surface area contributed by atoms with Crippen LogP contribution in [0.25, 0.3) is 0 Å². The Labute approximate surface area is 75.5 Å². The van der Waals surface area contributed by atoms with Gasteiger partial charge in [0, 0.05) is 5.92 Å². The largest absolute Gasteiger partial charge is 0.369 e. The first-order valence-electron chi connectivity index (χ1n) is 4.55. The molecule has 0 aliphatic heterocycles. The van der Waals surface area contributed by atoms with E-state index in [0.717, 1.165) is 6.54 Å². The summed E-state index contributed by atoms with van der Waals surface area (Å²) < 4.78 is 0. The van der Waals surface area contributed by atoms with Crippen molar-refractivity contribution in [3.8, 4) is 0 Å². The van der Waals surface area contributed by atoms with E-state index < -0.39 is 0 Å². The first-order valence-corrected chi connectivity index (χ1v) is 4.55. The van der Waals surface area contributed by atoms with E-state index in [9.17, 15) is 4.79 Å². The molecule has 0 saturated heterocycles. The van der Waals surface area contributed by atoms with E-state index in [1.165, 1.54) is 19.3 Å². The zero-order valence-electron chi connectivity index (χ0n) is 8.47. The first kappa shape index (κ1) is 14.0. The normalized spacial score (nSPS) is 9.08. The molecule has 0 spiro atoms. The molecule has 74 valence electrons. The summed E-state index contributed by atoms with van der Waals surface area (Å²) in [6.45, 7) is 6.56. The Morgan fingerprint density at radius 1 is 1.33 bits per heavy atom. The lowest BCUT2D eigenvalue weighted by Gasteiger charge is -1.90. The molecule has 0 heterocycles. The maximum atomic E-state index is 9.92. The van der Waals surface area contributed by atoms with Crippen LogP contribution < -0.4 is 11.5 Å². The van der Waals surface area contributed by atoms with Crippen molar-refractivity contribution in [1.29, 1.82) is 0 Å². The van der Waals surface area contributed by atoms with Crippen molar-refractivity contribution in [2.75, 3.05) is 6.54 Å². The molecule has 0 aliphatic carbocycles. The summed E-state index contributed by atoms with van der Waals surface area (Å²) >= 11 is 0. The van der Waals surface area contributed by atoms with Crippen LogP contribution in [0.4, 0.5) is 0 Å². The van der Waals surface area contributed by atoms with Crippen molar-refractivity contribution in [3.05, 3.63) is 0 Å². The summed E-state index contributed by atoms with van der Waals surface area (Å²) in [5.74, 6) is -0.250. The predicted molar refractivity (Wildman–Crippen MR) is 52.6 cm³/mol. The van der Waals surface area contributed by atoms with Crippen LogP contribution in [0.15, 0.2) is 0 Å². The lowest BCUT2D eigenvalue weighted by molar-refractivity contribution is -0.120. The van der Waals surface area contributed by atoms with Gasteiger partial charge in [0.2, 0.25) is 5.91 Å². The Morgan fingerprint density at radius 3 is 1.83 bits per heavy atom. The lowest BCUT2D eigenvalue weighted by atomic mass is 10.2. The molecule has 12 heavy (non-hydrogen) atoms. The minimum absolute atomic E-state index is 0.00926. The van der Waals surface area contributed by atoms with Crippen LogP contribution in [-0.2, 0) is 4.79 Å². The SMILES string of the molecule is CC(C)C(N)=O.CCCCCN. The molecular formula is C9H22N2O. The van der Waals surface area contributed by atoms with Crippen LogP contribution in [0, 0.1) is 5.92 Å². The highest BCUT2D eigenvalue weighted by Gasteiger charge is 1.96. The molecule has 0 unspecified atom stereocenters. The molecule has 0 saturated carbocycles. The molecule has 0 atom stereocenters. The summed E-state index contributed by atoms with van der Waals surface area (Å²) in [4.78, 5) is 9.92. The molecule has 0 fully saturated rings. The van der Waals surface area contributed by atoms with Crippen LogP contribution in [0.5, 0.6) is 0 Å².